The Morgan fingerprint density at radius 3 is 2.26 bits per heavy atom. The molecule has 0 aliphatic heterocycles. The molecular formula is C31H51NO7. The Bertz CT molecular complexity index is 866. The third-order valence-corrected chi connectivity index (χ3v) is 7.43. The quantitative estimate of drug-likeness (QED) is 0.104. The molecule has 1 aromatic rings. The van der Waals surface area contributed by atoms with Crippen molar-refractivity contribution in [1.82, 2.24) is 4.90 Å². The van der Waals surface area contributed by atoms with Gasteiger partial charge in [-0.15, -0.1) is 0 Å². The molecule has 1 amide bonds. The van der Waals surface area contributed by atoms with Gasteiger partial charge >= 0.3 is 5.97 Å². The van der Waals surface area contributed by atoms with E-state index in [4.69, 9.17) is 23.4 Å². The molecule has 0 aliphatic carbocycles. The maximum absolute atomic E-state index is 12.9. The van der Waals surface area contributed by atoms with Crippen LogP contribution < -0.4 is 0 Å². The van der Waals surface area contributed by atoms with E-state index in [1.807, 2.05) is 26.8 Å². The number of hydrogen-bond donors (Lipinski definition) is 0. The van der Waals surface area contributed by atoms with Gasteiger partial charge in [-0.2, -0.15) is 0 Å². The summed E-state index contributed by atoms with van der Waals surface area (Å²) >= 11 is 0. The fraction of sp³-hybridized carbons (Fsp3) is 0.677. The van der Waals surface area contributed by atoms with Gasteiger partial charge in [0.05, 0.1) is 24.2 Å². The summed E-state index contributed by atoms with van der Waals surface area (Å²) in [5, 5.41) is 0. The molecule has 7 atom stereocenters. The van der Waals surface area contributed by atoms with Crippen LogP contribution in [0.15, 0.2) is 47.4 Å². The minimum absolute atomic E-state index is 0.00589. The molecule has 8 nitrogen and oxygen atoms in total. The zero-order valence-corrected chi connectivity index (χ0v) is 25.4. The highest BCUT2D eigenvalue weighted by Gasteiger charge is 2.34. The standard InChI is InChI=1S/C31H51NO7/c1-11-24(6)38-28(21(2)3)19-29(35-9)22(4)14-15-26(39-31(34)27-13-12-18-37-27)25(7)30(36-10)23(5)16-17-32(8)20-33/h12-13,16-18,20-23,25-26,28-30H,6,11,14-15,19H2,1-5,7-10H3/b17-16+/t22-,23+,25-,26+,28-,29-,30+/m0/s1. The largest absolute Gasteiger partial charge is 0.495 e. The number of carbonyl (C=O) groups excluding carboxylic acids is 2. The van der Waals surface area contributed by atoms with Crippen molar-refractivity contribution in [3.05, 3.63) is 48.8 Å². The lowest BCUT2D eigenvalue weighted by Gasteiger charge is -2.34. The maximum atomic E-state index is 12.9. The fourth-order valence-electron chi connectivity index (χ4n) is 4.71. The average Bonchev–Trinajstić information content (AvgIpc) is 3.46. The summed E-state index contributed by atoms with van der Waals surface area (Å²) in [4.78, 5) is 25.3. The molecule has 1 aromatic heterocycles. The van der Waals surface area contributed by atoms with Crippen LogP contribution in [0, 0.1) is 23.7 Å². The number of carbonyl (C=O) groups is 2. The summed E-state index contributed by atoms with van der Waals surface area (Å²) < 4.78 is 29.2. The molecule has 1 rings (SSSR count). The summed E-state index contributed by atoms with van der Waals surface area (Å²) in [5.74, 6) is 0.778. The van der Waals surface area contributed by atoms with E-state index in [1.54, 1.807) is 39.6 Å². The minimum Gasteiger partial charge on any atom is -0.495 e. The van der Waals surface area contributed by atoms with Crippen molar-refractivity contribution in [2.45, 2.75) is 91.6 Å². The van der Waals surface area contributed by atoms with E-state index in [1.165, 1.54) is 11.2 Å². The summed E-state index contributed by atoms with van der Waals surface area (Å²) in [6.45, 7) is 16.5. The number of hydrogen-bond acceptors (Lipinski definition) is 7. The molecule has 0 unspecified atom stereocenters. The molecule has 0 saturated carbocycles. The van der Waals surface area contributed by atoms with Gasteiger partial charge in [-0.25, -0.2) is 4.79 Å². The maximum Gasteiger partial charge on any atom is 0.374 e. The molecule has 0 N–H and O–H groups in total. The van der Waals surface area contributed by atoms with Gasteiger partial charge in [0.2, 0.25) is 12.2 Å². The molecule has 0 bridgehead atoms. The van der Waals surface area contributed by atoms with Crippen molar-refractivity contribution in [1.29, 1.82) is 0 Å². The van der Waals surface area contributed by atoms with E-state index in [2.05, 4.69) is 27.4 Å². The van der Waals surface area contributed by atoms with E-state index in [9.17, 15) is 9.59 Å². The monoisotopic (exact) mass is 549 g/mol. The highest BCUT2D eigenvalue weighted by molar-refractivity contribution is 5.86. The number of furan rings is 1. The Balaban J connectivity index is 3.06. The van der Waals surface area contributed by atoms with Crippen molar-refractivity contribution in [3.8, 4) is 0 Å². The highest BCUT2D eigenvalue weighted by atomic mass is 16.6. The second-order valence-corrected chi connectivity index (χ2v) is 10.8. The molecule has 0 saturated heterocycles. The Morgan fingerprint density at radius 1 is 1.05 bits per heavy atom. The number of amides is 1. The topological polar surface area (TPSA) is 87.4 Å². The summed E-state index contributed by atoms with van der Waals surface area (Å²) in [6, 6.07) is 3.26. The van der Waals surface area contributed by atoms with Crippen molar-refractivity contribution in [2.75, 3.05) is 21.3 Å². The molecule has 8 heteroatoms. The number of nitrogens with zero attached hydrogens (tertiary/aromatic N) is 1. The van der Waals surface area contributed by atoms with Crippen molar-refractivity contribution in [3.63, 3.8) is 0 Å². The van der Waals surface area contributed by atoms with Gasteiger partial charge < -0.3 is 28.3 Å². The SMILES string of the molecule is C=C(CC)O[C@@H](C[C@H](OC)[C@@H](C)CC[C@@H](OC(=O)c1ccco1)[C@H](C)[C@H](OC)[C@H](C)/C=C/N(C)C=O)C(C)C. The van der Waals surface area contributed by atoms with Gasteiger partial charge in [-0.1, -0.05) is 54.2 Å². The molecule has 0 radical (unpaired) electrons. The first-order valence-electron chi connectivity index (χ1n) is 14.0. The van der Waals surface area contributed by atoms with E-state index in [0.29, 0.717) is 12.3 Å². The van der Waals surface area contributed by atoms with Crippen LogP contribution in [0.5, 0.6) is 0 Å². The van der Waals surface area contributed by atoms with Crippen LogP contribution in [-0.2, 0) is 23.7 Å². The van der Waals surface area contributed by atoms with Gasteiger partial charge in [0.1, 0.15) is 12.2 Å². The zero-order valence-electron chi connectivity index (χ0n) is 25.4. The first kappa shape index (κ1) is 34.4. The molecule has 0 fully saturated rings. The Morgan fingerprint density at radius 2 is 1.74 bits per heavy atom. The lowest BCUT2D eigenvalue weighted by molar-refractivity contribution is -0.115. The van der Waals surface area contributed by atoms with Gasteiger partial charge in [0.15, 0.2) is 0 Å². The third-order valence-electron chi connectivity index (χ3n) is 7.43. The Hall–Kier alpha value is -2.58. The molecule has 0 spiro atoms. The molecule has 39 heavy (non-hydrogen) atoms. The predicted octanol–water partition coefficient (Wildman–Crippen LogP) is 6.48. The normalized spacial score (nSPS) is 17.2. The minimum atomic E-state index is -0.502. The predicted molar refractivity (Wildman–Crippen MR) is 153 cm³/mol. The number of ether oxygens (including phenoxy) is 4. The average molecular weight is 550 g/mol. The molecule has 0 aromatic carbocycles. The molecular weight excluding hydrogens is 498 g/mol. The zero-order chi connectivity index (χ0) is 29.5. The van der Waals surface area contributed by atoms with Crippen LogP contribution in [-0.4, -0.2) is 63.0 Å². The summed E-state index contributed by atoms with van der Waals surface area (Å²) in [5.41, 5.74) is 0. The van der Waals surface area contributed by atoms with Gasteiger partial charge in [-0.3, -0.25) is 4.79 Å². The first-order valence-corrected chi connectivity index (χ1v) is 14.0. The van der Waals surface area contributed by atoms with E-state index in [-0.39, 0.29) is 41.8 Å². The summed E-state index contributed by atoms with van der Waals surface area (Å²) in [6.07, 6.45) is 8.04. The number of rotatable bonds is 20. The number of methoxy groups -OCH3 is 2. The Labute approximate surface area is 235 Å². The van der Waals surface area contributed by atoms with Crippen LogP contribution >= 0.6 is 0 Å². The van der Waals surface area contributed by atoms with Crippen LogP contribution in [0.3, 0.4) is 0 Å². The number of esters is 1. The molecule has 1 heterocycles. The Kier molecular flexibility index (Phi) is 15.8. The fourth-order valence-corrected chi connectivity index (χ4v) is 4.71. The van der Waals surface area contributed by atoms with Gasteiger partial charge in [0, 0.05) is 52.1 Å². The summed E-state index contributed by atoms with van der Waals surface area (Å²) in [7, 11) is 5.06. The smallest absolute Gasteiger partial charge is 0.374 e. The van der Waals surface area contributed by atoms with Crippen LogP contribution in [0.4, 0.5) is 0 Å². The van der Waals surface area contributed by atoms with Crippen LogP contribution in [0.1, 0.15) is 77.8 Å². The lowest BCUT2D eigenvalue weighted by atomic mass is 9.84. The van der Waals surface area contributed by atoms with Crippen LogP contribution in [0.25, 0.3) is 0 Å². The molecule has 222 valence electrons. The van der Waals surface area contributed by atoms with E-state index in [0.717, 1.165) is 31.4 Å². The van der Waals surface area contributed by atoms with Crippen molar-refractivity contribution in [2.24, 2.45) is 23.7 Å². The second kappa shape index (κ2) is 17.9. The molecule has 0 aliphatic rings. The van der Waals surface area contributed by atoms with Crippen molar-refractivity contribution >= 4 is 12.4 Å². The second-order valence-electron chi connectivity index (χ2n) is 10.8. The van der Waals surface area contributed by atoms with E-state index < -0.39 is 12.1 Å². The van der Waals surface area contributed by atoms with Gasteiger partial charge in [0.25, 0.3) is 0 Å². The van der Waals surface area contributed by atoms with Crippen molar-refractivity contribution < 1.29 is 33.0 Å². The van der Waals surface area contributed by atoms with Gasteiger partial charge in [-0.05, 0) is 36.8 Å². The van der Waals surface area contributed by atoms with E-state index >= 15 is 0 Å². The number of allylic oxidation sites excluding steroid dienone is 1. The highest BCUT2D eigenvalue weighted by Crippen LogP contribution is 2.30. The van der Waals surface area contributed by atoms with Crippen LogP contribution in [0.2, 0.25) is 0 Å². The first-order chi connectivity index (χ1) is 18.5. The lowest BCUT2D eigenvalue weighted by Crippen LogP contribution is -2.38. The third kappa shape index (κ3) is 11.6.